The average molecular weight is 205 g/mol. The highest BCUT2D eigenvalue weighted by atomic mass is 15.4. The summed E-state index contributed by atoms with van der Waals surface area (Å²) in [5.41, 5.74) is 3.60. The molecule has 0 radical (unpaired) electrons. The predicted molar refractivity (Wildman–Crippen MR) is 56.4 cm³/mol. The predicted octanol–water partition coefficient (Wildman–Crippen LogP) is 0.931. The van der Waals surface area contributed by atoms with Crippen LogP contribution in [0.3, 0.4) is 0 Å². The van der Waals surface area contributed by atoms with Crippen molar-refractivity contribution in [2.45, 2.75) is 26.8 Å². The third-order valence-corrected chi connectivity index (χ3v) is 2.67. The number of aryl methyl sites for hydroxylation is 2. The highest BCUT2D eigenvalue weighted by Crippen LogP contribution is 2.14. The van der Waals surface area contributed by atoms with E-state index in [4.69, 9.17) is 0 Å². The van der Waals surface area contributed by atoms with Crippen LogP contribution in [-0.4, -0.2) is 24.8 Å². The molecule has 0 aliphatic heterocycles. The number of hydrogen-bond donors (Lipinski definition) is 0. The Bertz CT molecular complexity index is 441. The van der Waals surface area contributed by atoms with E-state index in [1.165, 1.54) is 11.3 Å². The van der Waals surface area contributed by atoms with E-state index in [-0.39, 0.29) is 0 Å². The van der Waals surface area contributed by atoms with Crippen molar-refractivity contribution in [3.05, 3.63) is 29.3 Å². The molecule has 0 saturated carbocycles. The summed E-state index contributed by atoms with van der Waals surface area (Å²) in [6.45, 7) is 4.95. The third-order valence-electron chi connectivity index (χ3n) is 2.67. The number of hydrogen-bond acceptors (Lipinski definition) is 3. The van der Waals surface area contributed by atoms with Gasteiger partial charge in [-0.15, -0.1) is 5.10 Å². The Morgan fingerprint density at radius 1 is 1.40 bits per heavy atom. The first kappa shape index (κ1) is 9.89. The maximum absolute atomic E-state index is 4.46. The van der Waals surface area contributed by atoms with E-state index in [0.717, 1.165) is 18.7 Å². The Balaban J connectivity index is 2.34. The van der Waals surface area contributed by atoms with Gasteiger partial charge in [0, 0.05) is 24.5 Å². The van der Waals surface area contributed by atoms with Crippen LogP contribution in [0.5, 0.6) is 0 Å². The minimum atomic E-state index is 0.753. The molecule has 15 heavy (non-hydrogen) atoms. The van der Waals surface area contributed by atoms with Crippen molar-refractivity contribution in [2.75, 3.05) is 0 Å². The van der Waals surface area contributed by atoms with Gasteiger partial charge in [-0.2, -0.15) is 5.10 Å². The molecule has 5 nitrogen and oxygen atoms in total. The molecule has 0 aliphatic rings. The molecule has 0 N–H and O–H groups in total. The highest BCUT2D eigenvalue weighted by molar-refractivity contribution is 5.25. The molecule has 0 saturated heterocycles. The van der Waals surface area contributed by atoms with Gasteiger partial charge in [0.25, 0.3) is 0 Å². The third kappa shape index (κ3) is 1.77. The van der Waals surface area contributed by atoms with E-state index in [0.29, 0.717) is 0 Å². The van der Waals surface area contributed by atoms with Crippen LogP contribution >= 0.6 is 0 Å². The Hall–Kier alpha value is -1.65. The molecule has 5 heteroatoms. The van der Waals surface area contributed by atoms with Crippen LogP contribution in [0.1, 0.15) is 23.9 Å². The minimum Gasteiger partial charge on any atom is -0.272 e. The van der Waals surface area contributed by atoms with Gasteiger partial charge in [0.1, 0.15) is 0 Å². The SMILES string of the molecule is CCc1nn(C)c(C)c1Cn1ccnn1. The lowest BCUT2D eigenvalue weighted by atomic mass is 10.1. The van der Waals surface area contributed by atoms with Crippen LogP contribution in [0.15, 0.2) is 12.4 Å². The molecule has 0 fully saturated rings. The summed E-state index contributed by atoms with van der Waals surface area (Å²) in [6, 6.07) is 0. The van der Waals surface area contributed by atoms with Crippen LogP contribution in [0, 0.1) is 6.92 Å². The normalized spacial score (nSPS) is 10.9. The summed E-state index contributed by atoms with van der Waals surface area (Å²) < 4.78 is 3.74. The topological polar surface area (TPSA) is 48.5 Å². The van der Waals surface area contributed by atoms with Crippen molar-refractivity contribution in [1.82, 2.24) is 24.8 Å². The Kier molecular flexibility index (Phi) is 2.53. The fourth-order valence-corrected chi connectivity index (χ4v) is 1.69. The van der Waals surface area contributed by atoms with E-state index in [2.05, 4.69) is 29.3 Å². The molecule has 80 valence electrons. The van der Waals surface area contributed by atoms with Gasteiger partial charge < -0.3 is 0 Å². The largest absolute Gasteiger partial charge is 0.272 e. The second-order valence-electron chi connectivity index (χ2n) is 3.59. The molecule has 0 unspecified atom stereocenters. The molecule has 0 aromatic carbocycles. The highest BCUT2D eigenvalue weighted by Gasteiger charge is 2.11. The van der Waals surface area contributed by atoms with Crippen molar-refractivity contribution in [2.24, 2.45) is 7.05 Å². The smallest absolute Gasteiger partial charge is 0.0713 e. The summed E-state index contributed by atoms with van der Waals surface area (Å²) in [6.07, 6.45) is 4.51. The van der Waals surface area contributed by atoms with E-state index >= 15 is 0 Å². The second-order valence-corrected chi connectivity index (χ2v) is 3.59. The summed E-state index contributed by atoms with van der Waals surface area (Å²) in [4.78, 5) is 0. The average Bonchev–Trinajstić information content (AvgIpc) is 2.82. The lowest BCUT2D eigenvalue weighted by Crippen LogP contribution is -2.03. The first-order valence-electron chi connectivity index (χ1n) is 5.07. The van der Waals surface area contributed by atoms with Crippen LogP contribution in [-0.2, 0) is 20.0 Å². The van der Waals surface area contributed by atoms with Crippen molar-refractivity contribution in [1.29, 1.82) is 0 Å². The van der Waals surface area contributed by atoms with Gasteiger partial charge in [-0.3, -0.25) is 4.68 Å². The lowest BCUT2D eigenvalue weighted by molar-refractivity contribution is 0.642. The summed E-state index contributed by atoms with van der Waals surface area (Å²) in [5.74, 6) is 0. The number of rotatable bonds is 3. The monoisotopic (exact) mass is 205 g/mol. The molecular weight excluding hydrogens is 190 g/mol. The zero-order chi connectivity index (χ0) is 10.8. The lowest BCUT2D eigenvalue weighted by Gasteiger charge is -2.02. The fourth-order valence-electron chi connectivity index (χ4n) is 1.69. The quantitative estimate of drug-likeness (QED) is 0.749. The molecule has 2 aromatic heterocycles. The molecular formula is C10H15N5. The van der Waals surface area contributed by atoms with Gasteiger partial charge in [-0.1, -0.05) is 12.1 Å². The van der Waals surface area contributed by atoms with Gasteiger partial charge in [-0.05, 0) is 13.3 Å². The van der Waals surface area contributed by atoms with Gasteiger partial charge in [0.15, 0.2) is 0 Å². The Morgan fingerprint density at radius 2 is 2.20 bits per heavy atom. The molecule has 0 amide bonds. The van der Waals surface area contributed by atoms with E-state index in [1.807, 2.05) is 22.6 Å². The second kappa shape index (κ2) is 3.84. The van der Waals surface area contributed by atoms with E-state index in [1.54, 1.807) is 6.20 Å². The zero-order valence-electron chi connectivity index (χ0n) is 9.30. The van der Waals surface area contributed by atoms with Gasteiger partial charge in [-0.25, -0.2) is 4.68 Å². The zero-order valence-corrected chi connectivity index (χ0v) is 9.30. The Morgan fingerprint density at radius 3 is 2.80 bits per heavy atom. The van der Waals surface area contributed by atoms with Crippen molar-refractivity contribution in [3.63, 3.8) is 0 Å². The Labute approximate surface area is 88.7 Å². The van der Waals surface area contributed by atoms with Crippen LogP contribution in [0.2, 0.25) is 0 Å². The summed E-state index contributed by atoms with van der Waals surface area (Å²) >= 11 is 0. The summed E-state index contributed by atoms with van der Waals surface area (Å²) in [5, 5.41) is 12.2. The van der Waals surface area contributed by atoms with Crippen LogP contribution < -0.4 is 0 Å². The molecule has 0 atom stereocenters. The minimum absolute atomic E-state index is 0.753. The van der Waals surface area contributed by atoms with Crippen LogP contribution in [0.25, 0.3) is 0 Å². The van der Waals surface area contributed by atoms with Gasteiger partial charge in [0.2, 0.25) is 0 Å². The first-order valence-corrected chi connectivity index (χ1v) is 5.07. The molecule has 2 heterocycles. The van der Waals surface area contributed by atoms with Crippen LogP contribution in [0.4, 0.5) is 0 Å². The molecule has 2 rings (SSSR count). The number of aromatic nitrogens is 5. The summed E-state index contributed by atoms with van der Waals surface area (Å²) in [7, 11) is 1.97. The van der Waals surface area contributed by atoms with Gasteiger partial charge in [0.05, 0.1) is 18.4 Å². The standard InChI is InChI=1S/C10H15N5/c1-4-10-9(8(2)14(3)12-10)7-15-6-5-11-13-15/h5-6H,4,7H2,1-3H3. The maximum Gasteiger partial charge on any atom is 0.0713 e. The molecule has 2 aromatic rings. The molecule has 0 spiro atoms. The molecule has 0 bridgehead atoms. The van der Waals surface area contributed by atoms with Gasteiger partial charge >= 0.3 is 0 Å². The maximum atomic E-state index is 4.46. The first-order chi connectivity index (χ1) is 7.22. The van der Waals surface area contributed by atoms with E-state index < -0.39 is 0 Å². The van der Waals surface area contributed by atoms with Crippen molar-refractivity contribution < 1.29 is 0 Å². The van der Waals surface area contributed by atoms with Crippen molar-refractivity contribution >= 4 is 0 Å². The number of nitrogens with zero attached hydrogens (tertiary/aromatic N) is 5. The molecule has 0 aliphatic carbocycles. The van der Waals surface area contributed by atoms with E-state index in [9.17, 15) is 0 Å². The van der Waals surface area contributed by atoms with Crippen molar-refractivity contribution in [3.8, 4) is 0 Å². The fraction of sp³-hybridized carbons (Fsp3) is 0.500.